The highest BCUT2D eigenvalue weighted by Gasteiger charge is 2.28. The Morgan fingerprint density at radius 1 is 1.05 bits per heavy atom. The summed E-state index contributed by atoms with van der Waals surface area (Å²) in [6, 6.07) is 15.9. The number of thiol groups is 1. The number of methoxy groups -OCH3 is 1. The predicted octanol–water partition coefficient (Wildman–Crippen LogP) is 3.02. The number of hydrogen-bond acceptors (Lipinski definition) is 6. The van der Waals surface area contributed by atoms with Gasteiger partial charge in [-0.3, -0.25) is 23.7 Å². The summed E-state index contributed by atoms with van der Waals surface area (Å²) in [5, 5.41) is 3.92. The Labute approximate surface area is 224 Å². The molecule has 1 saturated heterocycles. The highest BCUT2D eigenvalue weighted by Crippen LogP contribution is 2.32. The number of hydrogen-bond donors (Lipinski definition) is 3. The number of ketones is 1. The van der Waals surface area contributed by atoms with Crippen LogP contribution in [0.15, 0.2) is 59.4 Å². The largest absolute Gasteiger partial charge is 0.493 e. The van der Waals surface area contributed by atoms with E-state index in [1.165, 1.54) is 11.7 Å². The van der Waals surface area contributed by atoms with Gasteiger partial charge < -0.3 is 19.9 Å². The Kier molecular flexibility index (Phi) is 7.24. The van der Waals surface area contributed by atoms with E-state index in [4.69, 9.17) is 4.74 Å². The number of para-hydroxylation sites is 1. The van der Waals surface area contributed by atoms with Crippen molar-refractivity contribution in [2.75, 3.05) is 26.0 Å². The SMILES string of the molecule is COc1c(C(=O)NC2CCN(C(=O)CS)CC2)[nH]c2c1c(=O)n(CC(=O)c1ccccc1)c1ccccc21. The van der Waals surface area contributed by atoms with Crippen LogP contribution in [0, 0.1) is 0 Å². The van der Waals surface area contributed by atoms with Gasteiger partial charge in [-0.2, -0.15) is 12.6 Å². The van der Waals surface area contributed by atoms with E-state index in [1.54, 1.807) is 41.3 Å². The van der Waals surface area contributed by atoms with Crippen molar-refractivity contribution < 1.29 is 19.1 Å². The van der Waals surface area contributed by atoms with Gasteiger partial charge in [-0.15, -0.1) is 0 Å². The molecule has 4 aromatic rings. The average Bonchev–Trinajstić information content (AvgIpc) is 3.36. The third-order valence-electron chi connectivity index (χ3n) is 7.02. The maximum Gasteiger partial charge on any atom is 0.271 e. The molecular weight excluding hydrogens is 504 g/mol. The molecule has 0 bridgehead atoms. The van der Waals surface area contributed by atoms with E-state index in [0.29, 0.717) is 47.9 Å². The molecular formula is C28H28N4O5S. The molecule has 3 heterocycles. The van der Waals surface area contributed by atoms with Gasteiger partial charge in [0.05, 0.1) is 30.4 Å². The first-order chi connectivity index (χ1) is 18.4. The third kappa shape index (κ3) is 4.67. The van der Waals surface area contributed by atoms with Crippen LogP contribution in [-0.4, -0.2) is 64.0 Å². The maximum absolute atomic E-state index is 13.8. The van der Waals surface area contributed by atoms with Gasteiger partial charge in [0.25, 0.3) is 11.5 Å². The number of ether oxygens (including phenoxy) is 1. The zero-order chi connectivity index (χ0) is 26.8. The van der Waals surface area contributed by atoms with Gasteiger partial charge in [-0.25, -0.2) is 0 Å². The van der Waals surface area contributed by atoms with Crippen molar-refractivity contribution in [3.05, 3.63) is 76.2 Å². The Morgan fingerprint density at radius 3 is 2.42 bits per heavy atom. The number of carbonyl (C=O) groups is 3. The van der Waals surface area contributed by atoms with E-state index in [9.17, 15) is 19.2 Å². The molecule has 1 fully saturated rings. The second-order valence-electron chi connectivity index (χ2n) is 9.27. The van der Waals surface area contributed by atoms with Crippen LogP contribution in [0.1, 0.15) is 33.7 Å². The van der Waals surface area contributed by atoms with Gasteiger partial charge in [0.15, 0.2) is 11.5 Å². The molecule has 38 heavy (non-hydrogen) atoms. The Hall–Kier alpha value is -4.05. The number of Topliss-reactive ketones (excluding diaryl/α,β-unsaturated/α-hetero) is 1. The molecule has 196 valence electrons. The number of pyridine rings is 1. The zero-order valence-electron chi connectivity index (χ0n) is 20.9. The lowest BCUT2D eigenvalue weighted by Crippen LogP contribution is -2.47. The maximum atomic E-state index is 13.8. The molecule has 2 N–H and O–H groups in total. The molecule has 0 aliphatic carbocycles. The lowest BCUT2D eigenvalue weighted by Gasteiger charge is -2.32. The summed E-state index contributed by atoms with van der Waals surface area (Å²) in [4.78, 5) is 56.9. The first-order valence-corrected chi connectivity index (χ1v) is 13.0. The van der Waals surface area contributed by atoms with Gasteiger partial charge in [0, 0.05) is 30.1 Å². The smallest absolute Gasteiger partial charge is 0.271 e. The third-order valence-corrected chi connectivity index (χ3v) is 7.29. The summed E-state index contributed by atoms with van der Waals surface area (Å²) in [5.41, 5.74) is 1.28. The van der Waals surface area contributed by atoms with Crippen molar-refractivity contribution in [3.63, 3.8) is 0 Å². The van der Waals surface area contributed by atoms with Gasteiger partial charge >= 0.3 is 0 Å². The van der Waals surface area contributed by atoms with Crippen molar-refractivity contribution in [2.45, 2.75) is 25.4 Å². The van der Waals surface area contributed by atoms with Crippen molar-refractivity contribution in [3.8, 4) is 5.75 Å². The number of amides is 2. The molecule has 10 heteroatoms. The van der Waals surface area contributed by atoms with Gasteiger partial charge in [0.1, 0.15) is 11.1 Å². The first kappa shape index (κ1) is 25.6. The summed E-state index contributed by atoms with van der Waals surface area (Å²) in [6.45, 7) is 0.927. The number of piperidine rings is 1. The van der Waals surface area contributed by atoms with Gasteiger partial charge in [0.2, 0.25) is 5.91 Å². The van der Waals surface area contributed by atoms with Crippen LogP contribution in [0.5, 0.6) is 5.75 Å². The number of fused-ring (bicyclic) bond motifs is 3. The minimum Gasteiger partial charge on any atom is -0.493 e. The number of likely N-dealkylation sites (tertiary alicyclic amines) is 1. The number of carbonyl (C=O) groups excluding carboxylic acids is 3. The molecule has 2 amide bonds. The predicted molar refractivity (Wildman–Crippen MR) is 148 cm³/mol. The summed E-state index contributed by atoms with van der Waals surface area (Å²) >= 11 is 4.05. The Balaban J connectivity index is 1.52. The second-order valence-corrected chi connectivity index (χ2v) is 9.58. The molecule has 1 aliphatic heterocycles. The molecule has 0 radical (unpaired) electrons. The minimum atomic E-state index is -0.422. The Bertz CT molecular complexity index is 1590. The van der Waals surface area contributed by atoms with Crippen LogP contribution >= 0.6 is 12.6 Å². The normalized spacial score (nSPS) is 14.1. The summed E-state index contributed by atoms with van der Waals surface area (Å²) in [5.74, 6) is -0.327. The average molecular weight is 533 g/mol. The topological polar surface area (TPSA) is 114 Å². The minimum absolute atomic E-state index is 0.0238. The van der Waals surface area contributed by atoms with E-state index >= 15 is 0 Å². The van der Waals surface area contributed by atoms with E-state index in [1.807, 2.05) is 18.2 Å². The molecule has 9 nitrogen and oxygen atoms in total. The number of aromatic nitrogens is 2. The molecule has 0 unspecified atom stereocenters. The van der Waals surface area contributed by atoms with Crippen LogP contribution in [-0.2, 0) is 11.3 Å². The lowest BCUT2D eigenvalue weighted by molar-refractivity contribution is -0.129. The van der Waals surface area contributed by atoms with Crippen LogP contribution in [0.3, 0.4) is 0 Å². The van der Waals surface area contributed by atoms with Crippen molar-refractivity contribution in [1.29, 1.82) is 0 Å². The van der Waals surface area contributed by atoms with Gasteiger partial charge in [-0.05, 0) is 18.9 Å². The fraction of sp³-hybridized carbons (Fsp3) is 0.286. The van der Waals surface area contributed by atoms with Crippen LogP contribution in [0.2, 0.25) is 0 Å². The number of benzene rings is 2. The highest BCUT2D eigenvalue weighted by atomic mass is 32.1. The van der Waals surface area contributed by atoms with E-state index < -0.39 is 11.5 Å². The monoisotopic (exact) mass is 532 g/mol. The number of nitrogens with one attached hydrogen (secondary N) is 2. The van der Waals surface area contributed by atoms with E-state index in [0.717, 1.165) is 0 Å². The standard InChI is InChI=1S/C28H28N4O5S/c1-37-26-23-24(30-25(26)27(35)29-18-11-13-31(14-12-18)22(34)16-38)19-9-5-6-10-20(19)32(28(23)36)15-21(33)17-7-3-2-4-8-17/h2-10,18,30,38H,11-16H2,1H3,(H,29,35). The molecule has 0 atom stereocenters. The van der Waals surface area contributed by atoms with Crippen LogP contribution < -0.4 is 15.6 Å². The number of aromatic amines is 1. The zero-order valence-corrected chi connectivity index (χ0v) is 21.8. The quantitative estimate of drug-likeness (QED) is 0.250. The first-order valence-electron chi connectivity index (χ1n) is 12.4. The molecule has 2 aromatic carbocycles. The lowest BCUT2D eigenvalue weighted by atomic mass is 10.0. The second kappa shape index (κ2) is 10.7. The van der Waals surface area contributed by atoms with E-state index in [-0.39, 0.29) is 46.9 Å². The van der Waals surface area contributed by atoms with Crippen LogP contribution in [0.25, 0.3) is 21.8 Å². The number of H-pyrrole nitrogens is 1. The molecule has 1 aliphatic rings. The molecule has 0 spiro atoms. The number of rotatable bonds is 7. The van der Waals surface area contributed by atoms with Crippen LogP contribution in [0.4, 0.5) is 0 Å². The fourth-order valence-corrected chi connectivity index (χ4v) is 5.26. The van der Waals surface area contributed by atoms with E-state index in [2.05, 4.69) is 22.9 Å². The summed E-state index contributed by atoms with van der Waals surface area (Å²) < 4.78 is 7.02. The van der Waals surface area contributed by atoms with Gasteiger partial charge in [-0.1, -0.05) is 48.5 Å². The number of nitrogens with zero attached hydrogens (tertiary/aromatic N) is 2. The van der Waals surface area contributed by atoms with Crippen molar-refractivity contribution in [2.24, 2.45) is 0 Å². The summed E-state index contributed by atoms with van der Waals surface area (Å²) in [6.07, 6.45) is 1.23. The highest BCUT2D eigenvalue weighted by molar-refractivity contribution is 7.81. The molecule has 5 rings (SSSR count). The van der Waals surface area contributed by atoms with Crippen molar-refractivity contribution in [1.82, 2.24) is 19.8 Å². The Morgan fingerprint density at radius 2 is 1.74 bits per heavy atom. The summed E-state index contributed by atoms with van der Waals surface area (Å²) in [7, 11) is 1.41. The molecule has 2 aromatic heterocycles. The molecule has 0 saturated carbocycles. The van der Waals surface area contributed by atoms with Crippen molar-refractivity contribution >= 4 is 52.0 Å². The fourth-order valence-electron chi connectivity index (χ4n) is 5.06.